The third kappa shape index (κ3) is 2.42. The number of benzene rings is 1. The normalized spacial score (nSPS) is 24.3. The van der Waals surface area contributed by atoms with E-state index in [0.717, 1.165) is 11.3 Å². The van der Waals surface area contributed by atoms with E-state index >= 15 is 0 Å². The van der Waals surface area contributed by atoms with Crippen molar-refractivity contribution in [1.82, 2.24) is 10.6 Å². The molecule has 2 unspecified atom stereocenters. The summed E-state index contributed by atoms with van der Waals surface area (Å²) in [6.07, 6.45) is 0. The van der Waals surface area contributed by atoms with Gasteiger partial charge in [0.15, 0.2) is 0 Å². The number of amides is 1. The Labute approximate surface area is 101 Å². The fraction of sp³-hybridized carbons (Fsp3) is 0.462. The highest BCUT2D eigenvalue weighted by molar-refractivity contribution is 5.82. The quantitative estimate of drug-likeness (QED) is 0.807. The largest absolute Gasteiger partial charge is 0.496 e. The Bertz CT molecular complexity index is 431. The monoisotopic (exact) mass is 234 g/mol. The second kappa shape index (κ2) is 4.75. The summed E-state index contributed by atoms with van der Waals surface area (Å²) in [6, 6.07) is 6.06. The summed E-state index contributed by atoms with van der Waals surface area (Å²) in [7, 11) is 1.67. The molecule has 2 rings (SSSR count). The number of aryl methyl sites for hydroxylation is 1. The van der Waals surface area contributed by atoms with Gasteiger partial charge in [-0.2, -0.15) is 0 Å². The van der Waals surface area contributed by atoms with Crippen molar-refractivity contribution in [3.05, 3.63) is 29.3 Å². The van der Waals surface area contributed by atoms with E-state index in [1.54, 1.807) is 7.11 Å². The van der Waals surface area contributed by atoms with Gasteiger partial charge in [0.25, 0.3) is 0 Å². The summed E-state index contributed by atoms with van der Waals surface area (Å²) in [4.78, 5) is 11.4. The molecule has 0 bridgehead atoms. The lowest BCUT2D eigenvalue weighted by Crippen LogP contribution is -2.52. The van der Waals surface area contributed by atoms with Gasteiger partial charge in [-0.1, -0.05) is 12.1 Å². The minimum absolute atomic E-state index is 0.0485. The molecule has 0 saturated carbocycles. The first kappa shape index (κ1) is 11.9. The van der Waals surface area contributed by atoms with Crippen LogP contribution in [0.15, 0.2) is 18.2 Å². The number of nitrogens with one attached hydrogen (secondary N) is 2. The van der Waals surface area contributed by atoms with Crippen LogP contribution < -0.4 is 15.4 Å². The van der Waals surface area contributed by atoms with Crippen molar-refractivity contribution < 1.29 is 9.53 Å². The average Bonchev–Trinajstić information content (AvgIpc) is 2.32. The highest BCUT2D eigenvalue weighted by Crippen LogP contribution is 2.27. The number of rotatable bonds is 2. The van der Waals surface area contributed by atoms with E-state index < -0.39 is 0 Å². The van der Waals surface area contributed by atoms with E-state index in [1.807, 2.05) is 19.9 Å². The maximum atomic E-state index is 11.4. The van der Waals surface area contributed by atoms with Gasteiger partial charge in [0.2, 0.25) is 5.91 Å². The lowest BCUT2D eigenvalue weighted by Gasteiger charge is -2.30. The predicted molar refractivity (Wildman–Crippen MR) is 66.1 cm³/mol. The molecule has 1 amide bonds. The number of carbonyl (C=O) groups excluding carboxylic acids is 1. The van der Waals surface area contributed by atoms with Gasteiger partial charge in [0.05, 0.1) is 19.2 Å². The first-order valence-electron chi connectivity index (χ1n) is 5.80. The van der Waals surface area contributed by atoms with E-state index in [0.29, 0.717) is 6.54 Å². The molecular weight excluding hydrogens is 216 g/mol. The highest BCUT2D eigenvalue weighted by atomic mass is 16.5. The Balaban J connectivity index is 2.25. The van der Waals surface area contributed by atoms with Crippen molar-refractivity contribution in [2.45, 2.75) is 25.9 Å². The summed E-state index contributed by atoms with van der Waals surface area (Å²) < 4.78 is 5.39. The van der Waals surface area contributed by atoms with Gasteiger partial charge < -0.3 is 10.1 Å². The van der Waals surface area contributed by atoms with E-state index in [9.17, 15) is 4.79 Å². The number of piperazine rings is 1. The summed E-state index contributed by atoms with van der Waals surface area (Å²) in [5, 5.41) is 6.17. The molecule has 0 aromatic heterocycles. The van der Waals surface area contributed by atoms with Gasteiger partial charge in [0.1, 0.15) is 5.75 Å². The van der Waals surface area contributed by atoms with Gasteiger partial charge in [-0.25, -0.2) is 0 Å². The van der Waals surface area contributed by atoms with Crippen molar-refractivity contribution in [2.75, 3.05) is 13.7 Å². The molecule has 2 N–H and O–H groups in total. The zero-order chi connectivity index (χ0) is 12.4. The first-order chi connectivity index (χ1) is 8.11. The Morgan fingerprint density at radius 2 is 2.18 bits per heavy atom. The van der Waals surface area contributed by atoms with Crippen molar-refractivity contribution >= 4 is 5.91 Å². The molecule has 1 heterocycles. The van der Waals surface area contributed by atoms with Gasteiger partial charge in [0, 0.05) is 12.1 Å². The predicted octanol–water partition coefficient (Wildman–Crippen LogP) is 1.15. The molecule has 4 heteroatoms. The third-order valence-corrected chi connectivity index (χ3v) is 3.09. The summed E-state index contributed by atoms with van der Waals surface area (Å²) >= 11 is 0. The zero-order valence-corrected chi connectivity index (χ0v) is 10.4. The first-order valence-corrected chi connectivity index (χ1v) is 5.80. The molecule has 0 aliphatic carbocycles. The zero-order valence-electron chi connectivity index (χ0n) is 10.4. The van der Waals surface area contributed by atoms with Gasteiger partial charge in [-0.15, -0.1) is 0 Å². The van der Waals surface area contributed by atoms with Gasteiger partial charge in [-0.3, -0.25) is 10.1 Å². The number of ether oxygens (including phenoxy) is 1. The molecule has 1 saturated heterocycles. The minimum atomic E-state index is -0.167. The number of hydrogen-bond acceptors (Lipinski definition) is 3. The van der Waals surface area contributed by atoms with Crippen molar-refractivity contribution in [3.8, 4) is 5.75 Å². The minimum Gasteiger partial charge on any atom is -0.496 e. The number of methoxy groups -OCH3 is 1. The van der Waals surface area contributed by atoms with Crippen molar-refractivity contribution in [1.29, 1.82) is 0 Å². The van der Waals surface area contributed by atoms with Gasteiger partial charge in [-0.05, 0) is 25.5 Å². The molecule has 1 aromatic rings. The molecule has 4 nitrogen and oxygen atoms in total. The molecular formula is C13H18N2O2. The fourth-order valence-electron chi connectivity index (χ4n) is 2.10. The van der Waals surface area contributed by atoms with Crippen LogP contribution >= 0.6 is 0 Å². The lowest BCUT2D eigenvalue weighted by atomic mass is 10.0. The van der Waals surface area contributed by atoms with Crippen LogP contribution in [0.1, 0.15) is 24.1 Å². The summed E-state index contributed by atoms with van der Waals surface area (Å²) in [5.74, 6) is 0.915. The second-order valence-corrected chi connectivity index (χ2v) is 4.43. The van der Waals surface area contributed by atoms with Crippen LogP contribution in [0.5, 0.6) is 5.75 Å². The molecule has 92 valence electrons. The van der Waals surface area contributed by atoms with Crippen LogP contribution in [0, 0.1) is 6.92 Å². The summed E-state index contributed by atoms with van der Waals surface area (Å²) in [6.45, 7) is 4.50. The molecule has 17 heavy (non-hydrogen) atoms. The lowest BCUT2D eigenvalue weighted by molar-refractivity contribution is -0.124. The van der Waals surface area contributed by atoms with E-state index in [4.69, 9.17) is 4.74 Å². The average molecular weight is 234 g/mol. The topological polar surface area (TPSA) is 50.4 Å². The molecule has 0 spiro atoms. The van der Waals surface area contributed by atoms with E-state index in [2.05, 4.69) is 22.8 Å². The molecule has 2 atom stereocenters. The number of hydrogen-bond donors (Lipinski definition) is 2. The smallest absolute Gasteiger partial charge is 0.236 e. The number of carbonyl (C=O) groups is 1. The SMILES string of the molecule is COc1cc(C)ccc1C1CNC(=O)C(C)N1. The molecule has 1 aromatic carbocycles. The van der Waals surface area contributed by atoms with Crippen LogP contribution in [-0.2, 0) is 4.79 Å². The van der Waals surface area contributed by atoms with Crippen LogP contribution in [0.2, 0.25) is 0 Å². The molecule has 1 aliphatic rings. The maximum absolute atomic E-state index is 11.4. The second-order valence-electron chi connectivity index (χ2n) is 4.43. The Hall–Kier alpha value is -1.55. The van der Waals surface area contributed by atoms with Crippen LogP contribution in [-0.4, -0.2) is 25.6 Å². The van der Waals surface area contributed by atoms with Gasteiger partial charge >= 0.3 is 0 Å². The van der Waals surface area contributed by atoms with Crippen molar-refractivity contribution in [2.24, 2.45) is 0 Å². The Morgan fingerprint density at radius 3 is 2.82 bits per heavy atom. The van der Waals surface area contributed by atoms with Crippen LogP contribution in [0.25, 0.3) is 0 Å². The standard InChI is InChI=1S/C13H18N2O2/c1-8-4-5-10(12(6-8)17-3)11-7-14-13(16)9(2)15-11/h4-6,9,11,15H,7H2,1-3H3,(H,14,16). The van der Waals surface area contributed by atoms with Crippen molar-refractivity contribution in [3.63, 3.8) is 0 Å². The summed E-state index contributed by atoms with van der Waals surface area (Å²) in [5.41, 5.74) is 2.25. The third-order valence-electron chi connectivity index (χ3n) is 3.09. The molecule has 0 radical (unpaired) electrons. The maximum Gasteiger partial charge on any atom is 0.236 e. The van der Waals surface area contributed by atoms with Crippen LogP contribution in [0.3, 0.4) is 0 Å². The molecule has 1 aliphatic heterocycles. The van der Waals surface area contributed by atoms with E-state index in [-0.39, 0.29) is 18.0 Å². The Kier molecular flexibility index (Phi) is 3.33. The highest BCUT2D eigenvalue weighted by Gasteiger charge is 2.26. The Morgan fingerprint density at radius 1 is 1.41 bits per heavy atom. The van der Waals surface area contributed by atoms with E-state index in [1.165, 1.54) is 5.56 Å². The molecule has 1 fully saturated rings. The van der Waals surface area contributed by atoms with Crippen LogP contribution in [0.4, 0.5) is 0 Å². The fourth-order valence-corrected chi connectivity index (χ4v) is 2.10.